The van der Waals surface area contributed by atoms with Crippen LogP contribution in [0.5, 0.6) is 0 Å². The minimum absolute atomic E-state index is 0. The number of carboxylic acid groups (broad SMARTS) is 1. The summed E-state index contributed by atoms with van der Waals surface area (Å²) >= 11 is 0. The summed E-state index contributed by atoms with van der Waals surface area (Å²) in [4.78, 5) is 10.8. The Morgan fingerprint density at radius 3 is 2.06 bits per heavy atom. The highest BCUT2D eigenvalue weighted by atomic mass is 35.5. The SMILES string of the molecule is Cl.O=C(O)c1ccc2c(c1)=c1ccccc1=2. The molecule has 1 N–H and O–H groups in total. The number of aromatic carboxylic acids is 1. The van der Waals surface area contributed by atoms with Crippen LogP contribution in [0.25, 0.3) is 0 Å². The van der Waals surface area contributed by atoms with Crippen LogP contribution in [0.1, 0.15) is 10.4 Å². The molecule has 0 bridgehead atoms. The van der Waals surface area contributed by atoms with E-state index >= 15 is 0 Å². The van der Waals surface area contributed by atoms with Crippen molar-refractivity contribution in [1.82, 2.24) is 0 Å². The molecule has 0 fully saturated rings. The van der Waals surface area contributed by atoms with Crippen LogP contribution in [0.2, 0.25) is 0 Å². The second-order valence-corrected chi connectivity index (χ2v) is 3.61. The molecule has 0 saturated heterocycles. The third-order valence-electron chi connectivity index (χ3n) is 2.77. The van der Waals surface area contributed by atoms with Gasteiger partial charge in [-0.15, -0.1) is 12.4 Å². The average Bonchev–Trinajstić information content (AvgIpc) is 2.25. The highest BCUT2D eigenvalue weighted by molar-refractivity contribution is 5.87. The second-order valence-electron chi connectivity index (χ2n) is 3.61. The van der Waals surface area contributed by atoms with Gasteiger partial charge in [-0.2, -0.15) is 0 Å². The number of rotatable bonds is 1. The molecule has 0 amide bonds. The first-order valence-corrected chi connectivity index (χ1v) is 4.74. The normalized spacial score (nSPS) is 10.5. The van der Waals surface area contributed by atoms with Crippen molar-refractivity contribution < 1.29 is 9.90 Å². The van der Waals surface area contributed by atoms with Crippen LogP contribution in [-0.2, 0) is 0 Å². The highest BCUT2D eigenvalue weighted by Gasteiger charge is 2.06. The summed E-state index contributed by atoms with van der Waals surface area (Å²) in [6.07, 6.45) is 0. The van der Waals surface area contributed by atoms with Gasteiger partial charge in [0.1, 0.15) is 0 Å². The predicted octanol–water partition coefficient (Wildman–Crippen LogP) is 2.69. The molecule has 3 rings (SSSR count). The Hall–Kier alpha value is -1.80. The zero-order chi connectivity index (χ0) is 10.4. The molecule has 0 aliphatic heterocycles. The van der Waals surface area contributed by atoms with Gasteiger partial charge >= 0.3 is 5.97 Å². The summed E-state index contributed by atoms with van der Waals surface area (Å²) in [6, 6.07) is 13.3. The van der Waals surface area contributed by atoms with Crippen LogP contribution in [-0.4, -0.2) is 11.1 Å². The van der Waals surface area contributed by atoms with Crippen LogP contribution in [0.3, 0.4) is 0 Å². The molecule has 0 saturated carbocycles. The molecule has 3 heteroatoms. The lowest BCUT2D eigenvalue weighted by Gasteiger charge is -2.04. The van der Waals surface area contributed by atoms with Crippen LogP contribution in [0.15, 0.2) is 42.5 Å². The van der Waals surface area contributed by atoms with Crippen molar-refractivity contribution in [3.05, 3.63) is 68.9 Å². The van der Waals surface area contributed by atoms with Gasteiger partial charge in [-0.05, 0) is 33.0 Å². The molecular formula is C13H9ClO2. The lowest BCUT2D eigenvalue weighted by molar-refractivity contribution is 0.0697. The molecular weight excluding hydrogens is 224 g/mol. The first-order valence-electron chi connectivity index (χ1n) is 4.74. The maximum atomic E-state index is 10.8. The van der Waals surface area contributed by atoms with Gasteiger partial charge in [-0.3, -0.25) is 0 Å². The fraction of sp³-hybridized carbons (Fsp3) is 0. The first-order chi connectivity index (χ1) is 7.27. The molecule has 1 aliphatic rings. The van der Waals surface area contributed by atoms with Crippen molar-refractivity contribution in [3.63, 3.8) is 0 Å². The lowest BCUT2D eigenvalue weighted by atomic mass is 10.00. The summed E-state index contributed by atoms with van der Waals surface area (Å²) in [5.74, 6) is -0.873. The molecule has 0 aromatic heterocycles. The molecule has 0 radical (unpaired) electrons. The monoisotopic (exact) mass is 232 g/mol. The third kappa shape index (κ3) is 1.31. The summed E-state index contributed by atoms with van der Waals surface area (Å²) < 4.78 is 0. The summed E-state index contributed by atoms with van der Waals surface area (Å²) in [7, 11) is 0. The van der Waals surface area contributed by atoms with Gasteiger partial charge in [-0.1, -0.05) is 30.3 Å². The van der Waals surface area contributed by atoms with E-state index in [1.807, 2.05) is 24.3 Å². The van der Waals surface area contributed by atoms with Crippen LogP contribution < -0.4 is 0 Å². The number of hydrogen-bond acceptors (Lipinski definition) is 1. The Kier molecular flexibility index (Phi) is 2.44. The molecule has 0 heterocycles. The minimum Gasteiger partial charge on any atom is -0.478 e. The van der Waals surface area contributed by atoms with Crippen molar-refractivity contribution >= 4 is 18.4 Å². The number of halogens is 1. The van der Waals surface area contributed by atoms with Crippen molar-refractivity contribution in [2.75, 3.05) is 0 Å². The van der Waals surface area contributed by atoms with E-state index in [0.29, 0.717) is 5.56 Å². The van der Waals surface area contributed by atoms with Gasteiger partial charge in [-0.25, -0.2) is 4.79 Å². The number of carboxylic acids is 1. The quantitative estimate of drug-likeness (QED) is 0.701. The molecule has 16 heavy (non-hydrogen) atoms. The van der Waals surface area contributed by atoms with Crippen molar-refractivity contribution in [3.8, 4) is 0 Å². The average molecular weight is 233 g/mol. The van der Waals surface area contributed by atoms with E-state index in [1.165, 1.54) is 5.22 Å². The van der Waals surface area contributed by atoms with Crippen molar-refractivity contribution in [1.29, 1.82) is 0 Å². The van der Waals surface area contributed by atoms with E-state index in [9.17, 15) is 4.79 Å². The Morgan fingerprint density at radius 1 is 0.875 bits per heavy atom. The topological polar surface area (TPSA) is 37.3 Å². The molecule has 80 valence electrons. The lowest BCUT2D eigenvalue weighted by Crippen LogP contribution is -1.99. The summed E-state index contributed by atoms with van der Waals surface area (Å²) in [5, 5.41) is 13.4. The van der Waals surface area contributed by atoms with Gasteiger partial charge in [0.05, 0.1) is 5.56 Å². The number of fused-ring (bicyclic) bond motifs is 2. The Morgan fingerprint density at radius 2 is 1.44 bits per heavy atom. The fourth-order valence-electron chi connectivity index (χ4n) is 2.03. The molecule has 2 aromatic carbocycles. The Balaban J connectivity index is 0.000000963. The van der Waals surface area contributed by atoms with Gasteiger partial charge < -0.3 is 5.11 Å². The number of benzene rings is 2. The first kappa shape index (κ1) is 10.7. The minimum atomic E-state index is -0.873. The van der Waals surface area contributed by atoms with Crippen molar-refractivity contribution in [2.24, 2.45) is 0 Å². The van der Waals surface area contributed by atoms with E-state index in [4.69, 9.17) is 5.11 Å². The molecule has 2 nitrogen and oxygen atoms in total. The van der Waals surface area contributed by atoms with Crippen LogP contribution in [0.4, 0.5) is 0 Å². The smallest absolute Gasteiger partial charge is 0.335 e. The van der Waals surface area contributed by atoms with E-state index in [1.54, 1.807) is 12.1 Å². The Labute approximate surface area is 97.6 Å². The zero-order valence-corrected chi connectivity index (χ0v) is 9.12. The van der Waals surface area contributed by atoms with E-state index < -0.39 is 5.97 Å². The molecule has 2 aromatic rings. The zero-order valence-electron chi connectivity index (χ0n) is 8.31. The standard InChI is InChI=1S/C13H8O2.ClH/c14-13(15)8-5-6-11-9-3-1-2-4-10(9)12(11)7-8;/h1-7H,(H,14,15);1H. The number of hydrogen-bond donors (Lipinski definition) is 1. The third-order valence-corrected chi connectivity index (χ3v) is 2.77. The van der Waals surface area contributed by atoms with Gasteiger partial charge in [0.25, 0.3) is 0 Å². The fourth-order valence-corrected chi connectivity index (χ4v) is 2.03. The van der Waals surface area contributed by atoms with E-state index in [-0.39, 0.29) is 12.4 Å². The van der Waals surface area contributed by atoms with Crippen LogP contribution >= 0.6 is 12.4 Å². The predicted molar refractivity (Wildman–Crippen MR) is 62.4 cm³/mol. The number of carbonyl (C=O) groups is 1. The summed E-state index contributed by atoms with van der Waals surface area (Å²) in [6.45, 7) is 0. The maximum absolute atomic E-state index is 10.8. The van der Waals surface area contributed by atoms with Crippen molar-refractivity contribution in [2.45, 2.75) is 0 Å². The highest BCUT2D eigenvalue weighted by Crippen LogP contribution is 2.14. The van der Waals surface area contributed by atoms with Gasteiger partial charge in [0.2, 0.25) is 0 Å². The van der Waals surface area contributed by atoms with E-state index in [2.05, 4.69) is 6.07 Å². The maximum Gasteiger partial charge on any atom is 0.335 e. The van der Waals surface area contributed by atoms with E-state index in [0.717, 1.165) is 15.7 Å². The Bertz CT molecular complexity index is 750. The van der Waals surface area contributed by atoms with Gasteiger partial charge in [0.15, 0.2) is 0 Å². The van der Waals surface area contributed by atoms with Gasteiger partial charge in [0, 0.05) is 0 Å². The molecule has 0 spiro atoms. The summed E-state index contributed by atoms with van der Waals surface area (Å²) in [5.41, 5.74) is 0.350. The second kappa shape index (κ2) is 3.65. The van der Waals surface area contributed by atoms with Crippen LogP contribution in [0, 0.1) is 20.9 Å². The molecule has 0 atom stereocenters. The molecule has 1 aliphatic carbocycles. The molecule has 0 unspecified atom stereocenters. The largest absolute Gasteiger partial charge is 0.478 e.